The first-order valence-electron chi connectivity index (χ1n) is 6.19. The summed E-state index contributed by atoms with van der Waals surface area (Å²) in [6, 6.07) is 4.09. The summed E-state index contributed by atoms with van der Waals surface area (Å²) < 4.78 is 13.4. The fraction of sp³-hybridized carbons (Fsp3) is 0.286. The van der Waals surface area contributed by atoms with E-state index in [4.69, 9.17) is 11.6 Å². The average molecular weight is 279 g/mol. The molecule has 98 valence electrons. The van der Waals surface area contributed by atoms with Crippen LogP contribution in [-0.4, -0.2) is 15.1 Å². The molecule has 1 aromatic heterocycles. The van der Waals surface area contributed by atoms with E-state index in [2.05, 4.69) is 9.97 Å². The van der Waals surface area contributed by atoms with Crippen LogP contribution in [0.15, 0.2) is 18.2 Å². The highest BCUT2D eigenvalue weighted by molar-refractivity contribution is 6.30. The number of phenolic OH excluding ortho intramolecular Hbond substituents is 1. The number of fused-ring (bicyclic) bond motifs is 1. The molecular weight excluding hydrogens is 267 g/mol. The van der Waals surface area contributed by atoms with Gasteiger partial charge in [-0.2, -0.15) is 0 Å². The maximum absolute atomic E-state index is 13.4. The van der Waals surface area contributed by atoms with Crippen molar-refractivity contribution in [3.63, 3.8) is 0 Å². The summed E-state index contributed by atoms with van der Waals surface area (Å²) in [5.74, 6) is -0.660. The quantitative estimate of drug-likeness (QED) is 0.812. The third-order valence-corrected chi connectivity index (χ3v) is 3.65. The number of halogens is 2. The average Bonchev–Trinajstić information content (AvgIpc) is 2.42. The molecule has 0 bridgehead atoms. The lowest BCUT2D eigenvalue weighted by Gasteiger charge is -2.16. The molecule has 2 aromatic rings. The molecule has 0 unspecified atom stereocenters. The van der Waals surface area contributed by atoms with E-state index >= 15 is 0 Å². The Morgan fingerprint density at radius 2 is 1.95 bits per heavy atom. The van der Waals surface area contributed by atoms with E-state index in [-0.39, 0.29) is 5.75 Å². The number of hydrogen-bond donors (Lipinski definition) is 1. The first kappa shape index (κ1) is 12.4. The summed E-state index contributed by atoms with van der Waals surface area (Å²) in [5.41, 5.74) is 2.48. The van der Waals surface area contributed by atoms with Crippen LogP contribution in [0.25, 0.3) is 11.4 Å². The molecule has 1 aliphatic rings. The van der Waals surface area contributed by atoms with Gasteiger partial charge in [-0.15, -0.1) is 0 Å². The third kappa shape index (κ3) is 2.28. The third-order valence-electron chi connectivity index (χ3n) is 3.34. The van der Waals surface area contributed by atoms with Crippen LogP contribution >= 0.6 is 11.6 Å². The van der Waals surface area contributed by atoms with Crippen LogP contribution in [0.1, 0.15) is 24.1 Å². The molecule has 3 rings (SSSR count). The first-order chi connectivity index (χ1) is 9.15. The lowest BCUT2D eigenvalue weighted by molar-refractivity contribution is 0.432. The van der Waals surface area contributed by atoms with Crippen molar-refractivity contribution in [1.82, 2.24) is 9.97 Å². The molecule has 0 radical (unpaired) electrons. The Bertz CT molecular complexity index is 646. The predicted octanol–water partition coefficient (Wildman–Crippen LogP) is 3.52. The lowest BCUT2D eigenvalue weighted by Crippen LogP contribution is -2.08. The minimum Gasteiger partial charge on any atom is -0.505 e. The SMILES string of the molecule is Oc1ccc(-c2nc(Cl)c3c(n2)CCCC3)cc1F. The van der Waals surface area contributed by atoms with Crippen molar-refractivity contribution in [2.75, 3.05) is 0 Å². The van der Waals surface area contributed by atoms with Gasteiger partial charge >= 0.3 is 0 Å². The van der Waals surface area contributed by atoms with Crippen molar-refractivity contribution in [2.45, 2.75) is 25.7 Å². The van der Waals surface area contributed by atoms with Crippen LogP contribution in [0.3, 0.4) is 0 Å². The van der Waals surface area contributed by atoms with Crippen molar-refractivity contribution in [2.24, 2.45) is 0 Å². The normalized spacial score (nSPS) is 14.2. The Labute approximate surface area is 115 Å². The molecule has 1 aliphatic carbocycles. The molecule has 19 heavy (non-hydrogen) atoms. The Morgan fingerprint density at radius 3 is 2.74 bits per heavy atom. The molecule has 0 aliphatic heterocycles. The summed E-state index contributed by atoms with van der Waals surface area (Å²) >= 11 is 6.17. The van der Waals surface area contributed by atoms with Gasteiger partial charge < -0.3 is 5.11 Å². The minimum absolute atomic E-state index is 0.382. The van der Waals surface area contributed by atoms with Gasteiger partial charge in [-0.25, -0.2) is 14.4 Å². The van der Waals surface area contributed by atoms with Gasteiger partial charge in [0.15, 0.2) is 17.4 Å². The Kier molecular flexibility index (Phi) is 3.11. The van der Waals surface area contributed by atoms with Crippen LogP contribution in [0.2, 0.25) is 5.15 Å². The van der Waals surface area contributed by atoms with Crippen molar-refractivity contribution in [1.29, 1.82) is 0 Å². The highest BCUT2D eigenvalue weighted by Crippen LogP contribution is 2.29. The zero-order valence-electron chi connectivity index (χ0n) is 10.2. The predicted molar refractivity (Wildman–Crippen MR) is 70.7 cm³/mol. The number of aryl methyl sites for hydroxylation is 1. The van der Waals surface area contributed by atoms with Crippen molar-refractivity contribution < 1.29 is 9.50 Å². The number of nitrogens with zero attached hydrogens (tertiary/aromatic N) is 2. The number of aromatic nitrogens is 2. The zero-order valence-corrected chi connectivity index (χ0v) is 10.9. The van der Waals surface area contributed by atoms with Gasteiger partial charge in [-0.3, -0.25) is 0 Å². The first-order valence-corrected chi connectivity index (χ1v) is 6.57. The second kappa shape index (κ2) is 4.78. The standard InChI is InChI=1S/C14H12ClFN2O/c15-13-9-3-1-2-4-11(9)17-14(18-13)8-5-6-12(19)10(16)7-8/h5-7,19H,1-4H2. The summed E-state index contributed by atoms with van der Waals surface area (Å²) in [6.45, 7) is 0. The van der Waals surface area contributed by atoms with E-state index in [1.54, 1.807) is 6.07 Å². The number of rotatable bonds is 1. The van der Waals surface area contributed by atoms with Crippen LogP contribution in [-0.2, 0) is 12.8 Å². The van der Waals surface area contributed by atoms with Crippen molar-refractivity contribution in [3.8, 4) is 17.1 Å². The monoisotopic (exact) mass is 278 g/mol. The molecule has 0 atom stereocenters. The van der Waals surface area contributed by atoms with Gasteiger partial charge in [0, 0.05) is 16.8 Å². The van der Waals surface area contributed by atoms with Gasteiger partial charge in [-0.05, 0) is 43.9 Å². The summed E-state index contributed by atoms with van der Waals surface area (Å²) in [6.07, 6.45) is 3.97. The Hall–Kier alpha value is -1.68. The van der Waals surface area contributed by atoms with E-state index < -0.39 is 5.82 Å². The van der Waals surface area contributed by atoms with Gasteiger partial charge in [0.25, 0.3) is 0 Å². The summed E-state index contributed by atoms with van der Waals surface area (Å²) in [4.78, 5) is 8.70. The molecule has 0 spiro atoms. The molecule has 0 saturated heterocycles. The maximum atomic E-state index is 13.4. The summed E-state index contributed by atoms with van der Waals surface area (Å²) in [7, 11) is 0. The molecule has 3 nitrogen and oxygen atoms in total. The molecule has 1 heterocycles. The van der Waals surface area contributed by atoms with E-state index in [0.29, 0.717) is 16.5 Å². The number of benzene rings is 1. The topological polar surface area (TPSA) is 46.0 Å². The van der Waals surface area contributed by atoms with E-state index in [9.17, 15) is 9.50 Å². The van der Waals surface area contributed by atoms with Crippen LogP contribution in [0, 0.1) is 5.82 Å². The van der Waals surface area contributed by atoms with E-state index in [1.165, 1.54) is 12.1 Å². The van der Waals surface area contributed by atoms with E-state index in [1.807, 2.05) is 0 Å². The number of phenols is 1. The highest BCUT2D eigenvalue weighted by atomic mass is 35.5. The van der Waals surface area contributed by atoms with E-state index in [0.717, 1.165) is 36.9 Å². The lowest BCUT2D eigenvalue weighted by atomic mass is 9.97. The zero-order chi connectivity index (χ0) is 13.4. The Balaban J connectivity index is 2.10. The van der Waals surface area contributed by atoms with Crippen molar-refractivity contribution >= 4 is 11.6 Å². The largest absolute Gasteiger partial charge is 0.505 e. The fourth-order valence-electron chi connectivity index (χ4n) is 2.32. The highest BCUT2D eigenvalue weighted by Gasteiger charge is 2.17. The number of aromatic hydroxyl groups is 1. The fourth-order valence-corrected chi connectivity index (χ4v) is 2.61. The van der Waals surface area contributed by atoms with Gasteiger partial charge in [-0.1, -0.05) is 11.6 Å². The molecule has 0 amide bonds. The molecule has 1 aromatic carbocycles. The molecule has 1 N–H and O–H groups in total. The molecule has 0 saturated carbocycles. The number of hydrogen-bond acceptors (Lipinski definition) is 3. The van der Waals surface area contributed by atoms with Crippen LogP contribution in [0.4, 0.5) is 4.39 Å². The molecule has 5 heteroatoms. The summed E-state index contributed by atoms with van der Waals surface area (Å²) in [5, 5.41) is 9.65. The maximum Gasteiger partial charge on any atom is 0.165 e. The van der Waals surface area contributed by atoms with Crippen LogP contribution < -0.4 is 0 Å². The second-order valence-electron chi connectivity index (χ2n) is 4.64. The second-order valence-corrected chi connectivity index (χ2v) is 4.99. The van der Waals surface area contributed by atoms with Gasteiger partial charge in [0.2, 0.25) is 0 Å². The smallest absolute Gasteiger partial charge is 0.165 e. The molecule has 0 fully saturated rings. The van der Waals surface area contributed by atoms with Gasteiger partial charge in [0.1, 0.15) is 5.15 Å². The van der Waals surface area contributed by atoms with Crippen LogP contribution in [0.5, 0.6) is 5.75 Å². The molecular formula is C14H12ClFN2O. The van der Waals surface area contributed by atoms with Crippen molar-refractivity contribution in [3.05, 3.63) is 40.4 Å². The Morgan fingerprint density at radius 1 is 1.16 bits per heavy atom. The van der Waals surface area contributed by atoms with Gasteiger partial charge in [0.05, 0.1) is 0 Å². The minimum atomic E-state index is -0.685.